The topological polar surface area (TPSA) is 75.7 Å². The predicted octanol–water partition coefficient (Wildman–Crippen LogP) is 5.75. The summed E-state index contributed by atoms with van der Waals surface area (Å²) in [6.45, 7) is 2.04. The molecule has 0 spiro atoms. The van der Waals surface area contributed by atoms with Crippen molar-refractivity contribution in [1.29, 1.82) is 0 Å². The van der Waals surface area contributed by atoms with E-state index in [-0.39, 0.29) is 30.9 Å². The van der Waals surface area contributed by atoms with Crippen molar-refractivity contribution in [3.05, 3.63) is 74.6 Å². The highest BCUT2D eigenvalue weighted by molar-refractivity contribution is 7.10. The van der Waals surface area contributed by atoms with Gasteiger partial charge in [-0.25, -0.2) is 4.79 Å². The first-order valence-corrected chi connectivity index (χ1v) is 13.8. The average Bonchev–Trinajstić information content (AvgIpc) is 3.58. The van der Waals surface area contributed by atoms with E-state index < -0.39 is 12.0 Å². The van der Waals surface area contributed by atoms with Crippen LogP contribution in [0.3, 0.4) is 0 Å². The van der Waals surface area contributed by atoms with E-state index in [9.17, 15) is 14.4 Å². The first kappa shape index (κ1) is 25.1. The summed E-state index contributed by atoms with van der Waals surface area (Å²) in [5.41, 5.74) is 0.970. The lowest BCUT2D eigenvalue weighted by Gasteiger charge is -2.33. The van der Waals surface area contributed by atoms with Gasteiger partial charge < -0.3 is 10.1 Å². The van der Waals surface area contributed by atoms with Gasteiger partial charge in [0.25, 0.3) is 0 Å². The van der Waals surface area contributed by atoms with E-state index in [0.29, 0.717) is 11.3 Å². The molecule has 1 aliphatic carbocycles. The van der Waals surface area contributed by atoms with Crippen LogP contribution in [0, 0.1) is 0 Å². The van der Waals surface area contributed by atoms with Gasteiger partial charge in [0.05, 0.1) is 18.6 Å². The van der Waals surface area contributed by atoms with Gasteiger partial charge in [0.15, 0.2) is 0 Å². The van der Waals surface area contributed by atoms with E-state index in [2.05, 4.69) is 5.32 Å². The number of hydrogen-bond donors (Lipinski definition) is 1. The van der Waals surface area contributed by atoms with Crippen molar-refractivity contribution in [3.63, 3.8) is 0 Å². The quantitative estimate of drug-likeness (QED) is 0.372. The van der Waals surface area contributed by atoms with Crippen LogP contribution in [0.5, 0.6) is 0 Å². The molecule has 35 heavy (non-hydrogen) atoms. The lowest BCUT2D eigenvalue weighted by Crippen LogP contribution is -2.47. The maximum Gasteiger partial charge on any atom is 0.338 e. The van der Waals surface area contributed by atoms with Gasteiger partial charge in [0, 0.05) is 21.5 Å². The number of benzene rings is 1. The Morgan fingerprint density at radius 1 is 1.00 bits per heavy atom. The van der Waals surface area contributed by atoms with Crippen LogP contribution in [0.25, 0.3) is 0 Å². The van der Waals surface area contributed by atoms with Gasteiger partial charge >= 0.3 is 5.97 Å². The molecule has 0 radical (unpaired) electrons. The molecule has 2 aromatic heterocycles. The summed E-state index contributed by atoms with van der Waals surface area (Å²) in [6, 6.07) is 13.7. The maximum absolute atomic E-state index is 13.7. The zero-order chi connectivity index (χ0) is 24.6. The number of amides is 2. The van der Waals surface area contributed by atoms with E-state index in [1.807, 2.05) is 35.0 Å². The van der Waals surface area contributed by atoms with Gasteiger partial charge in [-0.05, 0) is 66.9 Å². The Kier molecular flexibility index (Phi) is 8.71. The third kappa shape index (κ3) is 6.38. The first-order valence-electron chi connectivity index (χ1n) is 12.0. The monoisotopic (exact) mass is 510 g/mol. The summed E-state index contributed by atoms with van der Waals surface area (Å²) in [6.07, 6.45) is 5.51. The molecule has 1 aliphatic rings. The minimum absolute atomic E-state index is 0.124. The highest BCUT2D eigenvalue weighted by Gasteiger charge is 2.35. The third-order valence-electron chi connectivity index (χ3n) is 6.10. The number of hydrogen-bond acceptors (Lipinski definition) is 6. The summed E-state index contributed by atoms with van der Waals surface area (Å²) in [5, 5.41) is 7.08. The van der Waals surface area contributed by atoms with Crippen molar-refractivity contribution < 1.29 is 19.1 Å². The molecule has 4 rings (SSSR count). The minimum atomic E-state index is -0.794. The number of carbonyl (C=O) groups is 3. The number of carbonyl (C=O) groups excluding carboxylic acids is 3. The number of nitrogens with one attached hydrogen (secondary N) is 1. The molecule has 1 saturated carbocycles. The van der Waals surface area contributed by atoms with E-state index in [1.54, 1.807) is 36.1 Å². The van der Waals surface area contributed by atoms with Gasteiger partial charge in [-0.15, -0.1) is 22.7 Å². The largest absolute Gasteiger partial charge is 0.462 e. The first-order chi connectivity index (χ1) is 17.1. The van der Waals surface area contributed by atoms with Crippen molar-refractivity contribution in [2.24, 2.45) is 0 Å². The molecule has 3 aromatic rings. The Hall–Kier alpha value is -2.97. The lowest BCUT2D eigenvalue weighted by atomic mass is 9.95. The number of nitrogens with zero attached hydrogens (tertiary/aromatic N) is 1. The molecular formula is C27H30N2O4S2. The zero-order valence-corrected chi connectivity index (χ0v) is 21.4. The molecule has 6 nitrogen and oxygen atoms in total. The van der Waals surface area contributed by atoms with E-state index >= 15 is 0 Å². The van der Waals surface area contributed by atoms with Crippen LogP contribution in [0.15, 0.2) is 59.3 Å². The van der Waals surface area contributed by atoms with Crippen molar-refractivity contribution in [2.75, 3.05) is 11.5 Å². The van der Waals surface area contributed by atoms with Gasteiger partial charge in [0.1, 0.15) is 6.04 Å². The molecule has 8 heteroatoms. The second-order valence-corrected chi connectivity index (χ2v) is 10.6. The molecule has 2 heterocycles. The van der Waals surface area contributed by atoms with Gasteiger partial charge in [-0.3, -0.25) is 14.5 Å². The second kappa shape index (κ2) is 12.1. The van der Waals surface area contributed by atoms with Gasteiger partial charge in [-0.2, -0.15) is 0 Å². The summed E-state index contributed by atoms with van der Waals surface area (Å²) in [7, 11) is 0. The molecule has 0 unspecified atom stereocenters. The summed E-state index contributed by atoms with van der Waals surface area (Å²) in [4.78, 5) is 42.9. The average molecular weight is 511 g/mol. The normalized spacial score (nSPS) is 14.8. The minimum Gasteiger partial charge on any atom is -0.462 e. The van der Waals surface area contributed by atoms with E-state index in [0.717, 1.165) is 35.4 Å². The maximum atomic E-state index is 13.7. The number of ether oxygens (including phenoxy) is 1. The number of rotatable bonds is 9. The standard InChI is InChI=1S/C27H30N2O4S2/c1-2-33-27(32)19-12-14-21(15-13-19)29(24(30)18-22-10-6-16-34-22)25(23-11-7-17-35-23)26(31)28-20-8-4-3-5-9-20/h6-7,10-17,20,25H,2-5,8-9,18H2,1H3,(H,28,31)/t25-/m0/s1. The van der Waals surface area contributed by atoms with Crippen molar-refractivity contribution in [2.45, 2.75) is 57.5 Å². The molecule has 1 aromatic carbocycles. The van der Waals surface area contributed by atoms with Gasteiger partial charge in [0.2, 0.25) is 11.8 Å². The Bertz CT molecular complexity index is 1100. The van der Waals surface area contributed by atoms with Crippen LogP contribution in [-0.4, -0.2) is 30.4 Å². The van der Waals surface area contributed by atoms with E-state index in [4.69, 9.17) is 4.74 Å². The van der Waals surface area contributed by atoms with Crippen molar-refractivity contribution in [3.8, 4) is 0 Å². The van der Waals surface area contributed by atoms with Gasteiger partial charge in [-0.1, -0.05) is 31.4 Å². The summed E-state index contributed by atoms with van der Waals surface area (Å²) in [5.74, 6) is -0.762. The Balaban J connectivity index is 1.69. The second-order valence-electron chi connectivity index (χ2n) is 8.55. The Labute approximate surface area is 213 Å². The molecule has 1 atom stereocenters. The van der Waals surface area contributed by atoms with Crippen molar-refractivity contribution >= 4 is 46.1 Å². The van der Waals surface area contributed by atoms with Crippen LogP contribution in [0.1, 0.15) is 65.2 Å². The van der Waals surface area contributed by atoms with Crippen LogP contribution >= 0.6 is 22.7 Å². The molecule has 2 amide bonds. The fraction of sp³-hybridized carbons (Fsp3) is 0.370. The Morgan fingerprint density at radius 2 is 1.71 bits per heavy atom. The molecule has 1 fully saturated rings. The van der Waals surface area contributed by atoms with Crippen LogP contribution in [0.2, 0.25) is 0 Å². The highest BCUT2D eigenvalue weighted by atomic mass is 32.1. The van der Waals surface area contributed by atoms with Crippen molar-refractivity contribution in [1.82, 2.24) is 5.32 Å². The molecular weight excluding hydrogens is 480 g/mol. The molecule has 0 bridgehead atoms. The lowest BCUT2D eigenvalue weighted by molar-refractivity contribution is -0.127. The van der Waals surface area contributed by atoms with Crippen LogP contribution < -0.4 is 10.2 Å². The molecule has 1 N–H and O–H groups in total. The third-order valence-corrected chi connectivity index (χ3v) is 7.90. The summed E-state index contributed by atoms with van der Waals surface area (Å²) >= 11 is 2.97. The number of thiophene rings is 2. The summed E-state index contributed by atoms with van der Waals surface area (Å²) < 4.78 is 5.09. The fourth-order valence-corrected chi connectivity index (χ4v) is 5.91. The molecule has 0 aliphatic heterocycles. The highest BCUT2D eigenvalue weighted by Crippen LogP contribution is 2.32. The molecule has 0 saturated heterocycles. The van der Waals surface area contributed by atoms with E-state index in [1.165, 1.54) is 29.1 Å². The predicted molar refractivity (Wildman–Crippen MR) is 140 cm³/mol. The van der Waals surface area contributed by atoms with Crippen LogP contribution in [-0.2, 0) is 20.7 Å². The number of esters is 1. The zero-order valence-electron chi connectivity index (χ0n) is 19.8. The SMILES string of the molecule is CCOC(=O)c1ccc(N(C(=O)Cc2cccs2)[C@H](C(=O)NC2CCCCC2)c2cccs2)cc1. The smallest absolute Gasteiger partial charge is 0.338 e. The van der Waals surface area contributed by atoms with Crippen LogP contribution in [0.4, 0.5) is 5.69 Å². The fourth-order valence-electron chi connectivity index (χ4n) is 4.40. The Morgan fingerprint density at radius 3 is 2.34 bits per heavy atom. The molecule has 184 valence electrons. The number of anilines is 1.